The number of pyridine rings is 1. The number of carbonyl (C=O) groups excluding carboxylic acids is 1. The molecule has 0 atom stereocenters. The highest BCUT2D eigenvalue weighted by molar-refractivity contribution is 5.95. The molecule has 0 fully saturated rings. The van der Waals surface area contributed by atoms with Gasteiger partial charge in [0.15, 0.2) is 5.82 Å². The number of anilines is 3. The van der Waals surface area contributed by atoms with E-state index in [1.54, 1.807) is 30.9 Å². The van der Waals surface area contributed by atoms with Gasteiger partial charge >= 0.3 is 0 Å². The van der Waals surface area contributed by atoms with Gasteiger partial charge in [-0.1, -0.05) is 0 Å². The Morgan fingerprint density at radius 1 is 1.14 bits per heavy atom. The Labute approximate surface area is 202 Å². The molecule has 0 saturated heterocycles. The van der Waals surface area contributed by atoms with Crippen LogP contribution in [0.15, 0.2) is 61.6 Å². The molecule has 0 aliphatic heterocycles. The van der Waals surface area contributed by atoms with E-state index in [1.807, 2.05) is 24.6 Å². The molecule has 0 aliphatic carbocycles. The van der Waals surface area contributed by atoms with Crippen LogP contribution in [0.2, 0.25) is 0 Å². The zero-order chi connectivity index (χ0) is 24.6. The molecule has 10 nitrogen and oxygen atoms in total. The highest BCUT2D eigenvalue weighted by atomic mass is 19.1. The van der Waals surface area contributed by atoms with Crippen LogP contribution in [0.3, 0.4) is 0 Å². The third kappa shape index (κ3) is 6.34. The van der Waals surface area contributed by atoms with Gasteiger partial charge in [0.1, 0.15) is 18.0 Å². The van der Waals surface area contributed by atoms with Crippen LogP contribution in [0.5, 0.6) is 0 Å². The Morgan fingerprint density at radius 3 is 2.83 bits per heavy atom. The molecule has 4 rings (SSSR count). The molecular formula is C24H26FN9O. The van der Waals surface area contributed by atoms with E-state index in [1.165, 1.54) is 24.5 Å². The number of imidazole rings is 1. The normalized spacial score (nSPS) is 10.9. The number of carbonyl (C=O) groups is 1. The number of rotatable bonds is 10. The molecule has 35 heavy (non-hydrogen) atoms. The zero-order valence-electron chi connectivity index (χ0n) is 19.4. The number of hydrogen-bond acceptors (Lipinski definition) is 8. The minimum atomic E-state index is -0.515. The number of benzene rings is 1. The first-order valence-corrected chi connectivity index (χ1v) is 11.2. The van der Waals surface area contributed by atoms with Gasteiger partial charge in [-0.3, -0.25) is 4.79 Å². The van der Waals surface area contributed by atoms with Crippen molar-refractivity contribution >= 4 is 23.4 Å². The van der Waals surface area contributed by atoms with Gasteiger partial charge in [0.25, 0.3) is 5.91 Å². The zero-order valence-corrected chi connectivity index (χ0v) is 19.4. The molecule has 0 radical (unpaired) electrons. The summed E-state index contributed by atoms with van der Waals surface area (Å²) in [6, 6.07) is 7.62. The number of aryl methyl sites for hydroxylation is 1. The van der Waals surface area contributed by atoms with Crippen LogP contribution in [0.25, 0.3) is 11.4 Å². The van der Waals surface area contributed by atoms with Crippen molar-refractivity contribution < 1.29 is 9.18 Å². The lowest BCUT2D eigenvalue weighted by molar-refractivity contribution is 0.0943. The first-order chi connectivity index (χ1) is 17.0. The van der Waals surface area contributed by atoms with Gasteiger partial charge < -0.3 is 20.5 Å². The van der Waals surface area contributed by atoms with Crippen LogP contribution in [-0.2, 0) is 6.54 Å². The summed E-state index contributed by atoms with van der Waals surface area (Å²) in [5, 5.41) is 8.97. The molecule has 0 aliphatic rings. The van der Waals surface area contributed by atoms with E-state index in [0.29, 0.717) is 35.3 Å². The summed E-state index contributed by atoms with van der Waals surface area (Å²) in [4.78, 5) is 33.7. The van der Waals surface area contributed by atoms with Gasteiger partial charge in [0, 0.05) is 43.3 Å². The van der Waals surface area contributed by atoms with Crippen LogP contribution >= 0.6 is 0 Å². The maximum Gasteiger partial charge on any atom is 0.251 e. The molecule has 0 saturated carbocycles. The molecule has 3 N–H and O–H groups in total. The lowest BCUT2D eigenvalue weighted by Crippen LogP contribution is -2.30. The Morgan fingerprint density at radius 2 is 2.03 bits per heavy atom. The maximum absolute atomic E-state index is 14.6. The van der Waals surface area contributed by atoms with Crippen molar-refractivity contribution in [3.63, 3.8) is 0 Å². The lowest BCUT2D eigenvalue weighted by Gasteiger charge is -2.13. The molecule has 3 heterocycles. The Kier molecular flexibility index (Phi) is 7.56. The fourth-order valence-electron chi connectivity index (χ4n) is 3.31. The van der Waals surface area contributed by atoms with Crippen LogP contribution in [0.1, 0.15) is 30.6 Å². The lowest BCUT2D eigenvalue weighted by atomic mass is 10.1. The van der Waals surface area contributed by atoms with E-state index < -0.39 is 5.82 Å². The predicted octanol–water partition coefficient (Wildman–Crippen LogP) is 3.65. The van der Waals surface area contributed by atoms with E-state index in [0.717, 1.165) is 13.0 Å². The number of hydrogen-bond donors (Lipinski definition) is 3. The van der Waals surface area contributed by atoms with E-state index in [-0.39, 0.29) is 17.6 Å². The van der Waals surface area contributed by atoms with Crippen LogP contribution in [0.4, 0.5) is 21.8 Å². The number of nitrogens with zero attached hydrogens (tertiary/aromatic N) is 6. The van der Waals surface area contributed by atoms with E-state index >= 15 is 0 Å². The first-order valence-electron chi connectivity index (χ1n) is 11.2. The molecule has 11 heteroatoms. The van der Waals surface area contributed by atoms with Gasteiger partial charge in [-0.2, -0.15) is 4.98 Å². The van der Waals surface area contributed by atoms with E-state index in [2.05, 4.69) is 40.9 Å². The summed E-state index contributed by atoms with van der Waals surface area (Å²) in [5.74, 6) is 0.352. The van der Waals surface area contributed by atoms with E-state index in [4.69, 9.17) is 0 Å². The summed E-state index contributed by atoms with van der Waals surface area (Å²) in [6.07, 6.45) is 9.27. The fraction of sp³-hybridized carbons (Fsp3) is 0.250. The molecular weight excluding hydrogens is 449 g/mol. The van der Waals surface area contributed by atoms with E-state index in [9.17, 15) is 9.18 Å². The molecule has 4 aromatic rings. The largest absolute Gasteiger partial charge is 0.354 e. The first kappa shape index (κ1) is 23.7. The van der Waals surface area contributed by atoms with Crippen molar-refractivity contribution in [1.29, 1.82) is 0 Å². The number of halogens is 1. The summed E-state index contributed by atoms with van der Waals surface area (Å²) >= 11 is 0. The monoisotopic (exact) mass is 475 g/mol. The standard InChI is InChI=1S/C24H26FN9O/c1-16(2)31-23(35)17-6-7-19(25)20(13-17)32-21-18(5-3-8-27-21)22-29-14-30-24(33-22)28-9-4-11-34-12-10-26-15-34/h3,5-8,10,12-16H,4,9,11H2,1-2H3,(H,27,32)(H,31,35)(H,28,29,30,33). The van der Waals surface area contributed by atoms with Crippen molar-refractivity contribution in [1.82, 2.24) is 34.8 Å². The Balaban J connectivity index is 1.50. The van der Waals surface area contributed by atoms with Gasteiger partial charge in [0.05, 0.1) is 17.6 Å². The molecule has 3 aromatic heterocycles. The summed E-state index contributed by atoms with van der Waals surface area (Å²) in [6.45, 7) is 5.20. The summed E-state index contributed by atoms with van der Waals surface area (Å²) in [5.41, 5.74) is 1.02. The molecule has 0 bridgehead atoms. The predicted molar refractivity (Wildman–Crippen MR) is 131 cm³/mol. The molecule has 1 aromatic carbocycles. The van der Waals surface area contributed by atoms with Crippen molar-refractivity contribution in [3.05, 3.63) is 73.0 Å². The maximum atomic E-state index is 14.6. The third-order valence-corrected chi connectivity index (χ3v) is 4.96. The molecule has 1 amide bonds. The summed E-state index contributed by atoms with van der Waals surface area (Å²) in [7, 11) is 0. The van der Waals surface area contributed by atoms with Gasteiger partial charge in [-0.05, 0) is 50.6 Å². The van der Waals surface area contributed by atoms with Crippen molar-refractivity contribution in [2.45, 2.75) is 32.9 Å². The average Bonchev–Trinajstić information content (AvgIpc) is 3.37. The second-order valence-electron chi connectivity index (χ2n) is 8.06. The van der Waals surface area contributed by atoms with Crippen molar-refractivity contribution in [2.75, 3.05) is 17.2 Å². The van der Waals surface area contributed by atoms with Crippen LogP contribution in [-0.4, -0.2) is 48.0 Å². The smallest absolute Gasteiger partial charge is 0.251 e. The van der Waals surface area contributed by atoms with Crippen molar-refractivity contribution in [3.8, 4) is 11.4 Å². The third-order valence-electron chi connectivity index (χ3n) is 4.96. The quantitative estimate of drug-likeness (QED) is 0.297. The Bertz CT molecular complexity index is 1280. The fourth-order valence-corrected chi connectivity index (χ4v) is 3.31. The highest BCUT2D eigenvalue weighted by Gasteiger charge is 2.15. The van der Waals surface area contributed by atoms with Gasteiger partial charge in [-0.15, -0.1) is 0 Å². The van der Waals surface area contributed by atoms with Gasteiger partial charge in [-0.25, -0.2) is 24.3 Å². The SMILES string of the molecule is CC(C)NC(=O)c1ccc(F)c(Nc2ncccc2-c2ncnc(NCCCn3ccnc3)n2)c1. The second-order valence-corrected chi connectivity index (χ2v) is 8.06. The Hall–Kier alpha value is -4.41. The minimum absolute atomic E-state index is 0.0381. The molecule has 0 unspecified atom stereocenters. The highest BCUT2D eigenvalue weighted by Crippen LogP contribution is 2.28. The second kappa shape index (κ2) is 11.1. The number of aromatic nitrogens is 6. The van der Waals surface area contributed by atoms with Crippen molar-refractivity contribution in [2.24, 2.45) is 0 Å². The van der Waals surface area contributed by atoms with Crippen LogP contribution in [0, 0.1) is 5.82 Å². The number of amides is 1. The van der Waals surface area contributed by atoms with Crippen LogP contribution < -0.4 is 16.0 Å². The average molecular weight is 476 g/mol. The minimum Gasteiger partial charge on any atom is -0.354 e. The van der Waals surface area contributed by atoms with Gasteiger partial charge in [0.2, 0.25) is 5.95 Å². The molecule has 180 valence electrons. The summed E-state index contributed by atoms with van der Waals surface area (Å²) < 4.78 is 16.6. The number of nitrogens with one attached hydrogen (secondary N) is 3. The topological polar surface area (TPSA) is 123 Å². The molecule has 0 spiro atoms.